The number of hydrogen-bond donors (Lipinski definition) is 2. The molecule has 0 fully saturated rings. The van der Waals surface area contributed by atoms with Crippen molar-refractivity contribution in [3.8, 4) is 5.75 Å². The maximum atomic E-state index is 11.8. The van der Waals surface area contributed by atoms with Crippen molar-refractivity contribution in [3.05, 3.63) is 65.3 Å². The molecule has 3 aromatic rings. The number of nitrogens with one attached hydrogen (secondary N) is 2. The van der Waals surface area contributed by atoms with E-state index in [9.17, 15) is 4.79 Å². The Morgan fingerprint density at radius 1 is 1.13 bits per heavy atom. The smallest absolute Gasteiger partial charge is 0.257 e. The van der Waals surface area contributed by atoms with E-state index in [0.29, 0.717) is 17.3 Å². The fraction of sp³-hybridized carbons (Fsp3) is 0.167. The van der Waals surface area contributed by atoms with Crippen LogP contribution in [0.2, 0.25) is 5.02 Å². The summed E-state index contributed by atoms with van der Waals surface area (Å²) in [5.41, 5.74) is 2.20. The average Bonchev–Trinajstić information content (AvgIpc) is 2.97. The SMILES string of the molecule is O=C(COc1ccccc1Cl)NCCc1cc2ccccc2[nH]1. The van der Waals surface area contributed by atoms with Crippen LogP contribution < -0.4 is 10.1 Å². The molecule has 4 nitrogen and oxygen atoms in total. The van der Waals surface area contributed by atoms with Gasteiger partial charge in [0.25, 0.3) is 5.91 Å². The molecule has 0 bridgehead atoms. The Morgan fingerprint density at radius 2 is 1.91 bits per heavy atom. The van der Waals surface area contributed by atoms with Crippen molar-refractivity contribution in [2.75, 3.05) is 13.2 Å². The molecule has 0 aliphatic rings. The van der Waals surface area contributed by atoms with Crippen LogP contribution >= 0.6 is 11.6 Å². The van der Waals surface area contributed by atoms with Crippen LogP contribution in [0.3, 0.4) is 0 Å². The van der Waals surface area contributed by atoms with Gasteiger partial charge in [0.2, 0.25) is 0 Å². The fourth-order valence-corrected chi connectivity index (χ4v) is 2.55. The van der Waals surface area contributed by atoms with Gasteiger partial charge in [0, 0.05) is 24.2 Å². The van der Waals surface area contributed by atoms with Gasteiger partial charge in [-0.15, -0.1) is 0 Å². The van der Waals surface area contributed by atoms with Gasteiger partial charge in [0.05, 0.1) is 5.02 Å². The minimum atomic E-state index is -0.166. The molecule has 0 saturated heterocycles. The Morgan fingerprint density at radius 3 is 2.74 bits per heavy atom. The summed E-state index contributed by atoms with van der Waals surface area (Å²) in [7, 11) is 0. The van der Waals surface area contributed by atoms with Crippen molar-refractivity contribution in [3.63, 3.8) is 0 Å². The molecule has 0 aliphatic heterocycles. The Kier molecular flexibility index (Phi) is 4.83. The third-order valence-electron chi connectivity index (χ3n) is 3.50. The van der Waals surface area contributed by atoms with Crippen molar-refractivity contribution < 1.29 is 9.53 Å². The molecule has 118 valence electrons. The number of H-pyrrole nitrogens is 1. The summed E-state index contributed by atoms with van der Waals surface area (Å²) in [5.74, 6) is 0.348. The van der Waals surface area contributed by atoms with Gasteiger partial charge in [-0.3, -0.25) is 4.79 Å². The standard InChI is InChI=1S/C18H17ClN2O2/c19-15-6-2-4-8-17(15)23-12-18(22)20-10-9-14-11-13-5-1-3-7-16(13)21-14/h1-8,11,21H,9-10,12H2,(H,20,22). The molecule has 23 heavy (non-hydrogen) atoms. The summed E-state index contributed by atoms with van der Waals surface area (Å²) in [6.07, 6.45) is 0.743. The predicted octanol–water partition coefficient (Wildman–Crippen LogP) is 3.56. The second-order valence-electron chi connectivity index (χ2n) is 5.20. The number of hydrogen-bond acceptors (Lipinski definition) is 2. The highest BCUT2D eigenvalue weighted by Gasteiger charge is 2.06. The molecule has 1 aromatic heterocycles. The van der Waals surface area contributed by atoms with Crippen LogP contribution in [-0.4, -0.2) is 24.0 Å². The van der Waals surface area contributed by atoms with Gasteiger partial charge in [-0.05, 0) is 29.7 Å². The highest BCUT2D eigenvalue weighted by atomic mass is 35.5. The number of amides is 1. The zero-order chi connectivity index (χ0) is 16.1. The van der Waals surface area contributed by atoms with E-state index in [1.54, 1.807) is 12.1 Å². The highest BCUT2D eigenvalue weighted by molar-refractivity contribution is 6.32. The number of ether oxygens (including phenoxy) is 1. The molecule has 1 amide bonds. The first-order valence-electron chi connectivity index (χ1n) is 7.43. The quantitative estimate of drug-likeness (QED) is 0.727. The zero-order valence-electron chi connectivity index (χ0n) is 12.5. The van der Waals surface area contributed by atoms with Crippen LogP contribution in [0.5, 0.6) is 5.75 Å². The number of rotatable bonds is 6. The van der Waals surface area contributed by atoms with Crippen LogP contribution in [0.15, 0.2) is 54.6 Å². The first-order valence-corrected chi connectivity index (χ1v) is 7.81. The molecular weight excluding hydrogens is 312 g/mol. The number of para-hydroxylation sites is 2. The molecule has 2 N–H and O–H groups in total. The van der Waals surface area contributed by atoms with E-state index >= 15 is 0 Å². The molecule has 0 atom stereocenters. The second kappa shape index (κ2) is 7.20. The monoisotopic (exact) mass is 328 g/mol. The first kappa shape index (κ1) is 15.4. The maximum Gasteiger partial charge on any atom is 0.257 e. The van der Waals surface area contributed by atoms with Crippen LogP contribution in [0.25, 0.3) is 10.9 Å². The molecule has 0 saturated carbocycles. The number of aromatic amines is 1. The molecule has 0 unspecified atom stereocenters. The number of benzene rings is 2. The molecular formula is C18H17ClN2O2. The maximum absolute atomic E-state index is 11.8. The van der Waals surface area contributed by atoms with Crippen molar-refractivity contribution in [1.29, 1.82) is 0 Å². The lowest BCUT2D eigenvalue weighted by molar-refractivity contribution is -0.123. The molecule has 2 aromatic carbocycles. The van der Waals surface area contributed by atoms with E-state index in [-0.39, 0.29) is 12.5 Å². The Labute approximate surface area is 139 Å². The Bertz CT molecular complexity index is 780. The van der Waals surface area contributed by atoms with E-state index < -0.39 is 0 Å². The van der Waals surface area contributed by atoms with E-state index in [2.05, 4.69) is 22.4 Å². The molecule has 0 radical (unpaired) electrons. The number of carbonyl (C=O) groups is 1. The van der Waals surface area contributed by atoms with Crippen LogP contribution in [0, 0.1) is 0 Å². The lowest BCUT2D eigenvalue weighted by atomic mass is 10.2. The molecule has 0 spiro atoms. The van der Waals surface area contributed by atoms with E-state index in [4.69, 9.17) is 16.3 Å². The highest BCUT2D eigenvalue weighted by Crippen LogP contribution is 2.22. The third-order valence-corrected chi connectivity index (χ3v) is 3.81. The lowest BCUT2D eigenvalue weighted by Gasteiger charge is -2.08. The second-order valence-corrected chi connectivity index (χ2v) is 5.61. The van der Waals surface area contributed by atoms with Crippen LogP contribution in [-0.2, 0) is 11.2 Å². The number of fused-ring (bicyclic) bond motifs is 1. The summed E-state index contributed by atoms with van der Waals surface area (Å²) >= 11 is 5.97. The number of halogens is 1. The molecule has 3 rings (SSSR count). The van der Waals surface area contributed by atoms with Gasteiger partial charge in [-0.25, -0.2) is 0 Å². The topological polar surface area (TPSA) is 54.1 Å². The number of carbonyl (C=O) groups excluding carboxylic acids is 1. The van der Waals surface area contributed by atoms with Crippen molar-refractivity contribution in [2.45, 2.75) is 6.42 Å². The van der Waals surface area contributed by atoms with Crippen molar-refractivity contribution in [1.82, 2.24) is 10.3 Å². The van der Waals surface area contributed by atoms with Crippen LogP contribution in [0.4, 0.5) is 0 Å². The van der Waals surface area contributed by atoms with Crippen molar-refractivity contribution in [2.24, 2.45) is 0 Å². The summed E-state index contributed by atoms with van der Waals surface area (Å²) in [5, 5.41) is 4.51. The van der Waals surface area contributed by atoms with Crippen LogP contribution in [0.1, 0.15) is 5.69 Å². The van der Waals surface area contributed by atoms with Gasteiger partial charge < -0.3 is 15.0 Å². The Balaban J connectivity index is 1.45. The molecule has 5 heteroatoms. The minimum Gasteiger partial charge on any atom is -0.482 e. The Hall–Kier alpha value is -2.46. The van der Waals surface area contributed by atoms with Gasteiger partial charge in [-0.1, -0.05) is 41.9 Å². The van der Waals surface area contributed by atoms with Gasteiger partial charge >= 0.3 is 0 Å². The van der Waals surface area contributed by atoms with Crippen molar-refractivity contribution >= 4 is 28.4 Å². The molecule has 0 aliphatic carbocycles. The normalized spacial score (nSPS) is 10.7. The predicted molar refractivity (Wildman–Crippen MR) is 92.0 cm³/mol. The largest absolute Gasteiger partial charge is 0.482 e. The fourth-order valence-electron chi connectivity index (χ4n) is 2.36. The number of aromatic nitrogens is 1. The summed E-state index contributed by atoms with van der Waals surface area (Å²) < 4.78 is 5.40. The van der Waals surface area contributed by atoms with E-state index in [1.807, 2.05) is 30.3 Å². The van der Waals surface area contributed by atoms with Gasteiger partial charge in [0.15, 0.2) is 6.61 Å². The van der Waals surface area contributed by atoms with E-state index in [1.165, 1.54) is 5.39 Å². The summed E-state index contributed by atoms with van der Waals surface area (Å²) in [4.78, 5) is 15.1. The summed E-state index contributed by atoms with van der Waals surface area (Å²) in [6.45, 7) is 0.508. The lowest BCUT2D eigenvalue weighted by Crippen LogP contribution is -2.30. The zero-order valence-corrected chi connectivity index (χ0v) is 13.3. The summed E-state index contributed by atoms with van der Waals surface area (Å²) in [6, 6.07) is 17.3. The molecule has 1 heterocycles. The third kappa shape index (κ3) is 4.05. The van der Waals surface area contributed by atoms with Gasteiger partial charge in [0.1, 0.15) is 5.75 Å². The first-order chi connectivity index (χ1) is 11.2. The van der Waals surface area contributed by atoms with E-state index in [0.717, 1.165) is 17.6 Å². The van der Waals surface area contributed by atoms with Gasteiger partial charge in [-0.2, -0.15) is 0 Å². The minimum absolute atomic E-state index is 0.0452. The average molecular weight is 329 g/mol.